The number of primary amides is 1. The Bertz CT molecular complexity index is 415. The summed E-state index contributed by atoms with van der Waals surface area (Å²) in [7, 11) is 0. The molecule has 0 bridgehead atoms. The highest BCUT2D eigenvalue weighted by atomic mass is 16.4. The van der Waals surface area contributed by atoms with E-state index in [2.05, 4.69) is 5.32 Å². The highest BCUT2D eigenvalue weighted by Crippen LogP contribution is 2.04. The lowest BCUT2D eigenvalue weighted by molar-refractivity contribution is -0.139. The maximum Gasteiger partial charge on any atom is 0.320 e. The van der Waals surface area contributed by atoms with Crippen LogP contribution in [0, 0.1) is 6.92 Å². The van der Waals surface area contributed by atoms with Crippen molar-refractivity contribution in [3.05, 3.63) is 35.4 Å². The number of hydrogen-bond acceptors (Lipinski definition) is 3. The molecule has 1 aromatic rings. The molecule has 98 valence electrons. The van der Waals surface area contributed by atoms with Gasteiger partial charge in [0.25, 0.3) is 0 Å². The van der Waals surface area contributed by atoms with Gasteiger partial charge in [-0.1, -0.05) is 29.8 Å². The summed E-state index contributed by atoms with van der Waals surface area (Å²) in [6.45, 7) is 2.44. The van der Waals surface area contributed by atoms with Crippen LogP contribution in [0.4, 0.5) is 0 Å². The predicted molar refractivity (Wildman–Crippen MR) is 67.9 cm³/mol. The molecule has 1 atom stereocenters. The lowest BCUT2D eigenvalue weighted by atomic mass is 10.1. The molecular weight excluding hydrogens is 232 g/mol. The molecule has 0 unspecified atom stereocenters. The molecule has 1 aromatic carbocycles. The van der Waals surface area contributed by atoms with Crippen LogP contribution in [0.2, 0.25) is 0 Å². The summed E-state index contributed by atoms with van der Waals surface area (Å²) in [5.41, 5.74) is 7.17. The molecule has 0 aliphatic rings. The van der Waals surface area contributed by atoms with E-state index in [0.717, 1.165) is 11.1 Å². The van der Waals surface area contributed by atoms with Gasteiger partial charge in [-0.05, 0) is 18.9 Å². The molecule has 0 heterocycles. The van der Waals surface area contributed by atoms with Crippen LogP contribution in [-0.2, 0) is 16.1 Å². The molecule has 5 nitrogen and oxygen atoms in total. The summed E-state index contributed by atoms with van der Waals surface area (Å²) >= 11 is 0. The van der Waals surface area contributed by atoms with Crippen molar-refractivity contribution in [1.29, 1.82) is 0 Å². The third kappa shape index (κ3) is 4.97. The van der Waals surface area contributed by atoms with Gasteiger partial charge in [0.15, 0.2) is 0 Å². The summed E-state index contributed by atoms with van der Waals surface area (Å²) < 4.78 is 0. The first-order chi connectivity index (χ1) is 8.49. The van der Waals surface area contributed by atoms with E-state index in [1.54, 1.807) is 0 Å². The van der Waals surface area contributed by atoms with E-state index >= 15 is 0 Å². The fourth-order valence-corrected chi connectivity index (χ4v) is 1.55. The van der Waals surface area contributed by atoms with Crippen molar-refractivity contribution in [2.75, 3.05) is 0 Å². The monoisotopic (exact) mass is 250 g/mol. The highest BCUT2D eigenvalue weighted by Gasteiger charge is 2.17. The van der Waals surface area contributed by atoms with E-state index < -0.39 is 17.9 Å². The Morgan fingerprint density at radius 1 is 1.33 bits per heavy atom. The molecule has 0 spiro atoms. The second-order valence-corrected chi connectivity index (χ2v) is 4.26. The van der Waals surface area contributed by atoms with Crippen LogP contribution in [0.25, 0.3) is 0 Å². The van der Waals surface area contributed by atoms with Crippen molar-refractivity contribution >= 4 is 11.9 Å². The van der Waals surface area contributed by atoms with Crippen molar-refractivity contribution in [2.45, 2.75) is 32.4 Å². The summed E-state index contributed by atoms with van der Waals surface area (Å²) in [5.74, 6) is -1.46. The average molecular weight is 250 g/mol. The molecule has 4 N–H and O–H groups in total. The standard InChI is InChI=1S/C13H18N2O3/c1-9-2-4-10(5-3-9)8-15-11(13(17)18)6-7-12(14)16/h2-5,11,15H,6-8H2,1H3,(H2,14,16)(H,17,18)/t11-/m0/s1. The first kappa shape index (κ1) is 14.2. The zero-order valence-corrected chi connectivity index (χ0v) is 10.3. The van der Waals surface area contributed by atoms with Crippen LogP contribution in [0.1, 0.15) is 24.0 Å². The van der Waals surface area contributed by atoms with Gasteiger partial charge in [0.1, 0.15) is 6.04 Å². The molecule has 0 aromatic heterocycles. The van der Waals surface area contributed by atoms with Crippen molar-refractivity contribution in [3.8, 4) is 0 Å². The number of carboxylic acids is 1. The number of nitrogens with one attached hydrogen (secondary N) is 1. The van der Waals surface area contributed by atoms with E-state index in [1.165, 1.54) is 0 Å². The molecule has 0 radical (unpaired) electrons. The average Bonchev–Trinajstić information content (AvgIpc) is 2.30. The van der Waals surface area contributed by atoms with Gasteiger partial charge in [-0.3, -0.25) is 9.59 Å². The van der Waals surface area contributed by atoms with Crippen molar-refractivity contribution in [1.82, 2.24) is 5.32 Å². The number of amides is 1. The fourth-order valence-electron chi connectivity index (χ4n) is 1.55. The Morgan fingerprint density at radius 3 is 2.44 bits per heavy atom. The lowest BCUT2D eigenvalue weighted by Gasteiger charge is -2.13. The third-order valence-corrected chi connectivity index (χ3v) is 2.65. The van der Waals surface area contributed by atoms with E-state index in [1.807, 2.05) is 31.2 Å². The summed E-state index contributed by atoms with van der Waals surface area (Å²) in [5, 5.41) is 11.9. The molecule has 0 fully saturated rings. The molecule has 0 aliphatic heterocycles. The predicted octanol–water partition coefficient (Wildman–Crippen LogP) is 0.803. The Hall–Kier alpha value is -1.88. The van der Waals surface area contributed by atoms with Crippen molar-refractivity contribution in [2.24, 2.45) is 5.73 Å². The van der Waals surface area contributed by atoms with Gasteiger partial charge in [0.05, 0.1) is 0 Å². The number of carboxylic acid groups (broad SMARTS) is 1. The number of benzene rings is 1. The van der Waals surface area contributed by atoms with Gasteiger partial charge in [-0.2, -0.15) is 0 Å². The second-order valence-electron chi connectivity index (χ2n) is 4.26. The summed E-state index contributed by atoms with van der Waals surface area (Å²) in [6, 6.07) is 7.07. The Labute approximate surface area is 106 Å². The first-order valence-electron chi connectivity index (χ1n) is 5.79. The number of rotatable bonds is 7. The molecular formula is C13H18N2O3. The van der Waals surface area contributed by atoms with Gasteiger partial charge in [0.2, 0.25) is 5.91 Å². The second kappa shape index (κ2) is 6.76. The SMILES string of the molecule is Cc1ccc(CN[C@@H](CCC(N)=O)C(=O)O)cc1. The zero-order chi connectivity index (χ0) is 13.5. The molecule has 18 heavy (non-hydrogen) atoms. The highest BCUT2D eigenvalue weighted by molar-refractivity contribution is 5.77. The molecule has 0 saturated carbocycles. The molecule has 1 amide bonds. The van der Waals surface area contributed by atoms with E-state index in [-0.39, 0.29) is 12.8 Å². The van der Waals surface area contributed by atoms with Crippen LogP contribution in [0.3, 0.4) is 0 Å². The molecule has 5 heteroatoms. The number of aliphatic carboxylic acids is 1. The summed E-state index contributed by atoms with van der Waals surface area (Å²) in [4.78, 5) is 21.6. The van der Waals surface area contributed by atoms with Crippen LogP contribution in [0.5, 0.6) is 0 Å². The molecule has 0 aliphatic carbocycles. The Balaban J connectivity index is 2.49. The van der Waals surface area contributed by atoms with E-state index in [0.29, 0.717) is 6.54 Å². The fraction of sp³-hybridized carbons (Fsp3) is 0.385. The first-order valence-corrected chi connectivity index (χ1v) is 5.79. The van der Waals surface area contributed by atoms with E-state index in [9.17, 15) is 9.59 Å². The minimum atomic E-state index is -0.969. The molecule has 1 rings (SSSR count). The lowest BCUT2D eigenvalue weighted by Crippen LogP contribution is -2.37. The smallest absolute Gasteiger partial charge is 0.320 e. The summed E-state index contributed by atoms with van der Waals surface area (Å²) in [6.07, 6.45) is 0.272. The van der Waals surface area contributed by atoms with E-state index in [4.69, 9.17) is 10.8 Å². The Morgan fingerprint density at radius 2 is 1.94 bits per heavy atom. The topological polar surface area (TPSA) is 92.4 Å². The zero-order valence-electron chi connectivity index (χ0n) is 10.3. The van der Waals surface area contributed by atoms with Crippen LogP contribution in [0.15, 0.2) is 24.3 Å². The number of aryl methyl sites for hydroxylation is 1. The van der Waals surface area contributed by atoms with Gasteiger partial charge in [-0.15, -0.1) is 0 Å². The maximum absolute atomic E-state index is 11.0. The van der Waals surface area contributed by atoms with Crippen LogP contribution in [-0.4, -0.2) is 23.0 Å². The van der Waals surface area contributed by atoms with Crippen molar-refractivity contribution < 1.29 is 14.7 Å². The van der Waals surface area contributed by atoms with Crippen LogP contribution >= 0.6 is 0 Å². The largest absolute Gasteiger partial charge is 0.480 e. The van der Waals surface area contributed by atoms with Gasteiger partial charge >= 0.3 is 5.97 Å². The number of hydrogen-bond donors (Lipinski definition) is 3. The molecule has 0 saturated heterocycles. The number of nitrogens with two attached hydrogens (primary N) is 1. The van der Waals surface area contributed by atoms with Gasteiger partial charge < -0.3 is 16.2 Å². The Kier molecular flexibility index (Phi) is 5.32. The maximum atomic E-state index is 11.0. The minimum absolute atomic E-state index is 0.0673. The number of carbonyl (C=O) groups excluding carboxylic acids is 1. The van der Waals surface area contributed by atoms with Crippen LogP contribution < -0.4 is 11.1 Å². The van der Waals surface area contributed by atoms with Crippen molar-refractivity contribution in [3.63, 3.8) is 0 Å². The number of carbonyl (C=O) groups is 2. The van der Waals surface area contributed by atoms with Gasteiger partial charge in [-0.25, -0.2) is 0 Å². The normalized spacial score (nSPS) is 12.1. The quantitative estimate of drug-likeness (QED) is 0.667. The minimum Gasteiger partial charge on any atom is -0.480 e. The van der Waals surface area contributed by atoms with Gasteiger partial charge in [0, 0.05) is 13.0 Å². The third-order valence-electron chi connectivity index (χ3n) is 2.65.